The van der Waals surface area contributed by atoms with Gasteiger partial charge in [-0.15, -0.1) is 0 Å². The SMILES string of the molecule is CCCCCCCCCCCCCCCCCCCCCC(O)C(CO)NC(=O)CCCCCCCCCCCCCCCCCCC/C=C\CCCCCCCCCCCCCCCCCCOC(=O)CCCCCCCCCCCCCCCCCCCC. The van der Waals surface area contributed by atoms with Gasteiger partial charge in [0, 0.05) is 12.8 Å². The number of amides is 1. The van der Waals surface area contributed by atoms with E-state index >= 15 is 0 Å². The van der Waals surface area contributed by atoms with Crippen molar-refractivity contribution in [3.8, 4) is 0 Å². The summed E-state index contributed by atoms with van der Waals surface area (Å²) in [6.07, 6.45) is 103. The van der Waals surface area contributed by atoms with Gasteiger partial charge in [-0.2, -0.15) is 0 Å². The fourth-order valence-electron chi connectivity index (χ4n) is 13.9. The number of aliphatic hydroxyl groups is 2. The summed E-state index contributed by atoms with van der Waals surface area (Å²) in [6.45, 7) is 5.02. The fraction of sp³-hybridized carbons (Fsp3) is 0.953. The van der Waals surface area contributed by atoms with E-state index in [4.69, 9.17) is 4.74 Å². The molecule has 0 aliphatic carbocycles. The van der Waals surface area contributed by atoms with Crippen molar-refractivity contribution in [3.05, 3.63) is 12.2 Å². The quantitative estimate of drug-likeness (QED) is 0.0320. The van der Waals surface area contributed by atoms with Crippen LogP contribution >= 0.6 is 0 Å². The van der Waals surface area contributed by atoms with Gasteiger partial charge in [0.15, 0.2) is 0 Å². The standard InChI is InChI=1S/C85H167NO5/c1-3-5-7-9-11-13-15-17-19-21-42-45-49-53-57-61-65-69-73-77-83(88)82(81-87)86-84(89)78-74-70-66-62-58-54-50-46-43-40-38-36-34-32-30-28-26-24-23-25-27-29-31-33-35-37-39-41-44-48-52-56-60-64-68-72-76-80-91-85(90)79-75-71-67-63-59-55-51-47-22-20-18-16-14-12-10-8-6-4-2/h23,25,82-83,87-88H,3-22,24,26-81H2,1-2H3,(H,86,89)/b25-23-. The molecule has 2 atom stereocenters. The first kappa shape index (κ1) is 89.6. The van der Waals surface area contributed by atoms with Crippen molar-refractivity contribution < 1.29 is 24.5 Å². The Balaban J connectivity index is 3.31. The molecule has 6 heteroatoms. The van der Waals surface area contributed by atoms with Gasteiger partial charge in [-0.1, -0.05) is 443 Å². The van der Waals surface area contributed by atoms with Gasteiger partial charge in [0.25, 0.3) is 0 Å². The number of hydrogen-bond acceptors (Lipinski definition) is 5. The highest BCUT2D eigenvalue weighted by atomic mass is 16.5. The lowest BCUT2D eigenvalue weighted by atomic mass is 10.0. The van der Waals surface area contributed by atoms with Crippen molar-refractivity contribution in [3.63, 3.8) is 0 Å². The number of allylic oxidation sites excluding steroid dienone is 2. The number of hydrogen-bond donors (Lipinski definition) is 3. The van der Waals surface area contributed by atoms with Crippen LogP contribution < -0.4 is 5.32 Å². The molecule has 0 aromatic heterocycles. The minimum Gasteiger partial charge on any atom is -0.466 e. The summed E-state index contributed by atoms with van der Waals surface area (Å²) in [7, 11) is 0. The third-order valence-corrected chi connectivity index (χ3v) is 20.3. The highest BCUT2D eigenvalue weighted by Gasteiger charge is 2.20. The van der Waals surface area contributed by atoms with E-state index in [9.17, 15) is 19.8 Å². The van der Waals surface area contributed by atoms with Gasteiger partial charge >= 0.3 is 5.97 Å². The summed E-state index contributed by atoms with van der Waals surface area (Å²) in [6, 6.07) is -0.539. The van der Waals surface area contributed by atoms with E-state index in [0.717, 1.165) is 38.5 Å². The number of unbranched alkanes of at least 4 members (excludes halogenated alkanes) is 68. The Bertz CT molecular complexity index is 1380. The fourth-order valence-corrected chi connectivity index (χ4v) is 13.9. The van der Waals surface area contributed by atoms with Crippen LogP contribution in [0.15, 0.2) is 12.2 Å². The molecule has 0 heterocycles. The number of nitrogens with one attached hydrogen (secondary N) is 1. The summed E-state index contributed by atoms with van der Waals surface area (Å²) < 4.78 is 5.52. The van der Waals surface area contributed by atoms with Gasteiger partial charge in [0.05, 0.1) is 25.4 Å². The van der Waals surface area contributed by atoms with Crippen molar-refractivity contribution in [2.45, 2.75) is 508 Å². The summed E-state index contributed by atoms with van der Waals surface area (Å²) in [5, 5.41) is 23.4. The van der Waals surface area contributed by atoms with E-state index in [0.29, 0.717) is 25.9 Å². The van der Waals surface area contributed by atoms with Crippen molar-refractivity contribution in [1.29, 1.82) is 0 Å². The first-order valence-corrected chi connectivity index (χ1v) is 42.4. The molecule has 0 aliphatic heterocycles. The Morgan fingerprint density at radius 1 is 0.297 bits per heavy atom. The Morgan fingerprint density at radius 2 is 0.516 bits per heavy atom. The maximum absolute atomic E-state index is 12.6. The van der Waals surface area contributed by atoms with E-state index in [-0.39, 0.29) is 18.5 Å². The Hall–Kier alpha value is -1.40. The zero-order chi connectivity index (χ0) is 65.6. The number of ether oxygens (including phenoxy) is 1. The molecule has 0 aromatic rings. The molecule has 0 radical (unpaired) electrons. The molecule has 0 bridgehead atoms. The maximum Gasteiger partial charge on any atom is 0.305 e. The maximum atomic E-state index is 12.6. The molecule has 0 fully saturated rings. The monoisotopic (exact) mass is 1280 g/mol. The first-order chi connectivity index (χ1) is 45.0. The molecular formula is C85H167NO5. The van der Waals surface area contributed by atoms with Gasteiger partial charge < -0.3 is 20.3 Å². The van der Waals surface area contributed by atoms with E-state index in [2.05, 4.69) is 31.3 Å². The molecule has 0 aromatic carbocycles. The van der Waals surface area contributed by atoms with E-state index in [1.807, 2.05) is 0 Å². The number of carbonyl (C=O) groups is 2. The molecule has 91 heavy (non-hydrogen) atoms. The molecule has 0 aliphatic rings. The summed E-state index contributed by atoms with van der Waals surface area (Å²) in [5.74, 6) is 0.00180. The first-order valence-electron chi connectivity index (χ1n) is 42.4. The number of carbonyl (C=O) groups excluding carboxylic acids is 2. The molecule has 1 amide bonds. The molecule has 542 valence electrons. The zero-order valence-corrected chi connectivity index (χ0v) is 62.4. The van der Waals surface area contributed by atoms with Gasteiger partial charge in [0.1, 0.15) is 0 Å². The van der Waals surface area contributed by atoms with Crippen LogP contribution in [0.25, 0.3) is 0 Å². The Labute approximate surface area is 571 Å². The molecule has 6 nitrogen and oxygen atoms in total. The van der Waals surface area contributed by atoms with E-state index in [1.54, 1.807) is 0 Å². The largest absolute Gasteiger partial charge is 0.466 e. The molecule has 0 rings (SSSR count). The molecule has 0 saturated carbocycles. The van der Waals surface area contributed by atoms with Crippen LogP contribution in [0.5, 0.6) is 0 Å². The second-order valence-corrected chi connectivity index (χ2v) is 29.5. The second kappa shape index (κ2) is 81.0. The van der Waals surface area contributed by atoms with Gasteiger partial charge in [-0.05, 0) is 51.4 Å². The van der Waals surface area contributed by atoms with E-state index < -0.39 is 12.1 Å². The van der Waals surface area contributed by atoms with Crippen LogP contribution in [-0.2, 0) is 14.3 Å². The average molecular weight is 1280 g/mol. The minimum atomic E-state index is -0.662. The second-order valence-electron chi connectivity index (χ2n) is 29.5. The van der Waals surface area contributed by atoms with Gasteiger partial charge in [-0.3, -0.25) is 9.59 Å². The van der Waals surface area contributed by atoms with E-state index in [1.165, 1.54) is 424 Å². The molecule has 0 saturated heterocycles. The van der Waals surface area contributed by atoms with Crippen LogP contribution in [0.1, 0.15) is 495 Å². The lowest BCUT2D eigenvalue weighted by Crippen LogP contribution is -2.45. The topological polar surface area (TPSA) is 95.9 Å². The highest BCUT2D eigenvalue weighted by Crippen LogP contribution is 2.21. The average Bonchev–Trinajstić information content (AvgIpc) is 3.59. The molecule has 0 spiro atoms. The van der Waals surface area contributed by atoms with Crippen molar-refractivity contribution in [2.24, 2.45) is 0 Å². The number of rotatable bonds is 81. The third kappa shape index (κ3) is 77.5. The van der Waals surface area contributed by atoms with Gasteiger partial charge in [-0.25, -0.2) is 0 Å². The lowest BCUT2D eigenvalue weighted by Gasteiger charge is -2.22. The Kier molecular flexibility index (Phi) is 79.8. The van der Waals surface area contributed by atoms with Crippen LogP contribution in [0.2, 0.25) is 0 Å². The normalized spacial score (nSPS) is 12.4. The van der Waals surface area contributed by atoms with Crippen LogP contribution in [-0.4, -0.2) is 47.4 Å². The predicted octanol–water partition coefficient (Wildman–Crippen LogP) is 28.2. The molecule has 3 N–H and O–H groups in total. The lowest BCUT2D eigenvalue weighted by molar-refractivity contribution is -0.143. The van der Waals surface area contributed by atoms with Gasteiger partial charge in [0.2, 0.25) is 5.91 Å². The molecular weight excluding hydrogens is 1110 g/mol. The smallest absolute Gasteiger partial charge is 0.305 e. The molecule has 2 unspecified atom stereocenters. The zero-order valence-electron chi connectivity index (χ0n) is 62.4. The summed E-state index contributed by atoms with van der Waals surface area (Å²) >= 11 is 0. The van der Waals surface area contributed by atoms with Crippen molar-refractivity contribution >= 4 is 11.9 Å². The van der Waals surface area contributed by atoms with Crippen molar-refractivity contribution in [2.75, 3.05) is 13.2 Å². The minimum absolute atomic E-state index is 0.0255. The van der Waals surface area contributed by atoms with Crippen molar-refractivity contribution in [1.82, 2.24) is 5.32 Å². The van der Waals surface area contributed by atoms with Crippen LogP contribution in [0.4, 0.5) is 0 Å². The Morgan fingerprint density at radius 3 is 0.780 bits per heavy atom. The predicted molar refractivity (Wildman–Crippen MR) is 403 cm³/mol. The number of esters is 1. The summed E-state index contributed by atoms with van der Waals surface area (Å²) in [4.78, 5) is 24.7. The highest BCUT2D eigenvalue weighted by molar-refractivity contribution is 5.76. The van der Waals surface area contributed by atoms with Crippen LogP contribution in [0.3, 0.4) is 0 Å². The third-order valence-electron chi connectivity index (χ3n) is 20.3. The number of aliphatic hydroxyl groups excluding tert-OH is 2. The summed E-state index contributed by atoms with van der Waals surface area (Å²) in [5.41, 5.74) is 0. The van der Waals surface area contributed by atoms with Crippen LogP contribution in [0, 0.1) is 0 Å².